The molecule has 1 rings (SSSR count). The van der Waals surface area contributed by atoms with Gasteiger partial charge < -0.3 is 15.4 Å². The van der Waals surface area contributed by atoms with E-state index in [4.69, 9.17) is 5.73 Å². The fourth-order valence-electron chi connectivity index (χ4n) is 1.70. The average Bonchev–Trinajstić information content (AvgIpc) is 2.36. The molecule has 1 aromatic carbocycles. The highest BCUT2D eigenvalue weighted by molar-refractivity contribution is 5.75. The molecule has 21 heavy (non-hydrogen) atoms. The molecule has 0 heterocycles. The second-order valence-corrected chi connectivity index (χ2v) is 4.96. The lowest BCUT2D eigenvalue weighted by atomic mass is 10.1. The maximum Gasteiger partial charge on any atom is 0.573 e. The van der Waals surface area contributed by atoms with Crippen LogP contribution in [0.1, 0.15) is 25.3 Å². The van der Waals surface area contributed by atoms with Crippen LogP contribution in [0.4, 0.5) is 13.2 Å². The first-order valence-corrected chi connectivity index (χ1v) is 6.51. The number of nitrogens with two attached hydrogens (primary N) is 1. The van der Waals surface area contributed by atoms with Crippen molar-refractivity contribution in [1.82, 2.24) is 4.90 Å². The first-order chi connectivity index (χ1) is 9.67. The van der Waals surface area contributed by atoms with Crippen LogP contribution in [0.25, 0.3) is 0 Å². The van der Waals surface area contributed by atoms with Crippen molar-refractivity contribution in [3.63, 3.8) is 0 Å². The molecule has 1 atom stereocenters. The molecular formula is C14H19F3N2O2. The van der Waals surface area contributed by atoms with E-state index in [0.29, 0.717) is 19.4 Å². The van der Waals surface area contributed by atoms with Gasteiger partial charge in [0.15, 0.2) is 0 Å². The number of hydrogen-bond donors (Lipinski definition) is 1. The number of nitrogens with zero attached hydrogens (tertiary/aromatic N) is 1. The Morgan fingerprint density at radius 3 is 2.38 bits per heavy atom. The normalized spacial score (nSPS) is 12.9. The van der Waals surface area contributed by atoms with E-state index >= 15 is 0 Å². The van der Waals surface area contributed by atoms with Crippen LogP contribution >= 0.6 is 0 Å². The van der Waals surface area contributed by atoms with Crippen molar-refractivity contribution in [2.75, 3.05) is 7.05 Å². The topological polar surface area (TPSA) is 55.6 Å². The molecule has 0 aliphatic rings. The summed E-state index contributed by atoms with van der Waals surface area (Å²) in [5.74, 6) is -0.333. The van der Waals surface area contributed by atoms with E-state index in [1.54, 1.807) is 7.05 Å². The highest BCUT2D eigenvalue weighted by Crippen LogP contribution is 2.23. The first kappa shape index (κ1) is 17.3. The minimum atomic E-state index is -4.70. The number of ether oxygens (including phenoxy) is 1. The van der Waals surface area contributed by atoms with Crippen LogP contribution < -0.4 is 10.5 Å². The summed E-state index contributed by atoms with van der Waals surface area (Å²) in [6.07, 6.45) is -3.75. The number of hydrogen-bond acceptors (Lipinski definition) is 3. The maximum atomic E-state index is 12.0. The fraction of sp³-hybridized carbons (Fsp3) is 0.500. The third kappa shape index (κ3) is 6.99. The monoisotopic (exact) mass is 304 g/mol. The van der Waals surface area contributed by atoms with Gasteiger partial charge in [0.25, 0.3) is 0 Å². The van der Waals surface area contributed by atoms with Crippen molar-refractivity contribution in [2.45, 2.75) is 38.7 Å². The van der Waals surface area contributed by atoms with Crippen molar-refractivity contribution in [2.24, 2.45) is 5.73 Å². The maximum absolute atomic E-state index is 12.0. The number of alkyl halides is 3. The van der Waals surface area contributed by atoms with E-state index in [0.717, 1.165) is 5.56 Å². The van der Waals surface area contributed by atoms with E-state index in [1.807, 2.05) is 6.92 Å². The van der Waals surface area contributed by atoms with Crippen LogP contribution in [-0.2, 0) is 11.3 Å². The van der Waals surface area contributed by atoms with Crippen molar-refractivity contribution < 1.29 is 22.7 Å². The van der Waals surface area contributed by atoms with Crippen LogP contribution in [0.15, 0.2) is 24.3 Å². The highest BCUT2D eigenvalue weighted by Gasteiger charge is 2.30. The van der Waals surface area contributed by atoms with Crippen molar-refractivity contribution in [3.05, 3.63) is 29.8 Å². The number of amides is 1. The molecule has 4 nitrogen and oxygen atoms in total. The van der Waals surface area contributed by atoms with Gasteiger partial charge in [0.05, 0.1) is 0 Å². The Hall–Kier alpha value is -1.76. The third-order valence-electron chi connectivity index (χ3n) is 2.82. The number of carbonyl (C=O) groups is 1. The number of rotatable bonds is 6. The summed E-state index contributed by atoms with van der Waals surface area (Å²) >= 11 is 0. The van der Waals surface area contributed by atoms with E-state index in [9.17, 15) is 18.0 Å². The van der Waals surface area contributed by atoms with Gasteiger partial charge in [-0.05, 0) is 31.0 Å². The number of halogens is 3. The zero-order valence-corrected chi connectivity index (χ0v) is 12.0. The van der Waals surface area contributed by atoms with Crippen LogP contribution in [0, 0.1) is 0 Å². The molecule has 1 amide bonds. The van der Waals surface area contributed by atoms with Crippen molar-refractivity contribution >= 4 is 5.91 Å². The van der Waals surface area contributed by atoms with E-state index in [-0.39, 0.29) is 17.7 Å². The predicted molar refractivity (Wildman–Crippen MR) is 72.5 cm³/mol. The molecule has 0 fully saturated rings. The molecule has 1 unspecified atom stereocenters. The summed E-state index contributed by atoms with van der Waals surface area (Å²) in [5.41, 5.74) is 6.31. The van der Waals surface area contributed by atoms with Gasteiger partial charge in [-0.2, -0.15) is 0 Å². The number of carbonyl (C=O) groups excluding carboxylic acids is 1. The van der Waals surface area contributed by atoms with Gasteiger partial charge in [-0.1, -0.05) is 12.1 Å². The van der Waals surface area contributed by atoms with Gasteiger partial charge in [-0.3, -0.25) is 4.79 Å². The fourth-order valence-corrected chi connectivity index (χ4v) is 1.70. The molecule has 0 aliphatic heterocycles. The van der Waals surface area contributed by atoms with E-state index in [2.05, 4.69) is 4.74 Å². The lowest BCUT2D eigenvalue weighted by molar-refractivity contribution is -0.274. The standard InChI is InChI=1S/C14H19F3N2O2/c1-10(18)3-8-13(20)19(2)9-11-4-6-12(7-5-11)21-14(15,16)17/h4-7,10H,3,8-9,18H2,1-2H3. The summed E-state index contributed by atoms with van der Waals surface area (Å²) in [6.45, 7) is 2.15. The van der Waals surface area contributed by atoms with Crippen LogP contribution in [0.2, 0.25) is 0 Å². The molecule has 0 bridgehead atoms. The Morgan fingerprint density at radius 2 is 1.90 bits per heavy atom. The summed E-state index contributed by atoms with van der Waals surface area (Å²) in [4.78, 5) is 13.3. The van der Waals surface area contributed by atoms with Gasteiger partial charge in [0.2, 0.25) is 5.91 Å². The molecule has 0 spiro atoms. The second-order valence-electron chi connectivity index (χ2n) is 4.96. The summed E-state index contributed by atoms with van der Waals surface area (Å²) in [7, 11) is 1.64. The lowest BCUT2D eigenvalue weighted by Crippen LogP contribution is -2.28. The van der Waals surface area contributed by atoms with E-state index < -0.39 is 6.36 Å². The largest absolute Gasteiger partial charge is 0.573 e. The number of benzene rings is 1. The summed E-state index contributed by atoms with van der Waals surface area (Å²) in [5, 5.41) is 0. The zero-order chi connectivity index (χ0) is 16.0. The second kappa shape index (κ2) is 7.31. The minimum Gasteiger partial charge on any atom is -0.406 e. The van der Waals surface area contributed by atoms with E-state index in [1.165, 1.54) is 29.2 Å². The van der Waals surface area contributed by atoms with Crippen LogP contribution in [-0.4, -0.2) is 30.3 Å². The Bertz CT molecular complexity index is 458. The quantitative estimate of drug-likeness (QED) is 0.879. The minimum absolute atomic E-state index is 0.0406. The molecule has 2 N–H and O–H groups in total. The lowest BCUT2D eigenvalue weighted by Gasteiger charge is -2.18. The Balaban J connectivity index is 2.53. The molecular weight excluding hydrogens is 285 g/mol. The smallest absolute Gasteiger partial charge is 0.406 e. The summed E-state index contributed by atoms with van der Waals surface area (Å²) < 4.78 is 39.8. The molecule has 118 valence electrons. The molecule has 7 heteroatoms. The SMILES string of the molecule is CC(N)CCC(=O)N(C)Cc1ccc(OC(F)(F)F)cc1. The molecule has 1 aromatic rings. The predicted octanol–water partition coefficient (Wildman–Crippen LogP) is 2.67. The molecule has 0 saturated heterocycles. The van der Waals surface area contributed by atoms with Gasteiger partial charge in [0.1, 0.15) is 5.75 Å². The Labute approximate surface area is 121 Å². The highest BCUT2D eigenvalue weighted by atomic mass is 19.4. The van der Waals surface area contributed by atoms with Crippen molar-refractivity contribution in [3.8, 4) is 5.75 Å². The van der Waals surface area contributed by atoms with Gasteiger partial charge in [0, 0.05) is 26.1 Å². The summed E-state index contributed by atoms with van der Waals surface area (Å²) in [6, 6.07) is 5.40. The zero-order valence-electron chi connectivity index (χ0n) is 12.0. The van der Waals surface area contributed by atoms with Crippen LogP contribution in [0.3, 0.4) is 0 Å². The van der Waals surface area contributed by atoms with Gasteiger partial charge in [-0.15, -0.1) is 13.2 Å². The molecule has 0 saturated carbocycles. The molecule has 0 aromatic heterocycles. The molecule has 0 aliphatic carbocycles. The van der Waals surface area contributed by atoms with Gasteiger partial charge in [-0.25, -0.2) is 0 Å². The Morgan fingerprint density at radius 1 is 1.33 bits per heavy atom. The third-order valence-corrected chi connectivity index (χ3v) is 2.82. The van der Waals surface area contributed by atoms with Gasteiger partial charge >= 0.3 is 6.36 Å². The average molecular weight is 304 g/mol. The molecule has 0 radical (unpaired) electrons. The Kier molecular flexibility index (Phi) is 6.02. The van der Waals surface area contributed by atoms with Crippen LogP contribution in [0.5, 0.6) is 5.75 Å². The first-order valence-electron chi connectivity index (χ1n) is 6.51. The van der Waals surface area contributed by atoms with Crippen molar-refractivity contribution in [1.29, 1.82) is 0 Å².